The third-order valence-electron chi connectivity index (χ3n) is 5.49. The van der Waals surface area contributed by atoms with Crippen LogP contribution in [0.25, 0.3) is 10.2 Å². The fraction of sp³-hybridized carbons (Fsp3) is 0.391. The number of thiazole rings is 1. The number of aryl methyl sites for hydroxylation is 2. The maximum absolute atomic E-state index is 13.5. The Labute approximate surface area is 186 Å². The van der Waals surface area contributed by atoms with Crippen LogP contribution >= 0.6 is 23.1 Å². The van der Waals surface area contributed by atoms with Gasteiger partial charge in [-0.15, -0.1) is 11.8 Å². The molecule has 0 saturated carbocycles. The first-order chi connectivity index (χ1) is 14.6. The van der Waals surface area contributed by atoms with Crippen LogP contribution in [0.15, 0.2) is 41.3 Å². The molecule has 0 radical (unpaired) electrons. The molecule has 7 heteroatoms. The number of ether oxygens (including phenoxy) is 1. The van der Waals surface area contributed by atoms with E-state index in [0.717, 1.165) is 58.7 Å². The summed E-state index contributed by atoms with van der Waals surface area (Å²) in [6, 6.07) is 12.1. The van der Waals surface area contributed by atoms with Crippen molar-refractivity contribution < 1.29 is 9.53 Å². The number of fused-ring (bicyclic) bond motifs is 1. The van der Waals surface area contributed by atoms with E-state index in [2.05, 4.69) is 30.9 Å². The Hall–Kier alpha value is -1.93. The molecule has 0 atom stereocenters. The van der Waals surface area contributed by atoms with E-state index in [4.69, 9.17) is 9.72 Å². The predicted molar refractivity (Wildman–Crippen MR) is 126 cm³/mol. The first-order valence-corrected chi connectivity index (χ1v) is 12.2. The Bertz CT molecular complexity index is 988. The summed E-state index contributed by atoms with van der Waals surface area (Å²) in [6.07, 6.45) is 2.04. The Morgan fingerprint density at radius 1 is 1.13 bits per heavy atom. The summed E-state index contributed by atoms with van der Waals surface area (Å²) in [6.45, 7) is 8.92. The minimum atomic E-state index is 0.00488. The van der Waals surface area contributed by atoms with Gasteiger partial charge in [0, 0.05) is 36.6 Å². The number of hydrogen-bond donors (Lipinski definition) is 0. The van der Waals surface area contributed by atoms with Crippen LogP contribution in [0.1, 0.15) is 21.5 Å². The third-order valence-corrected chi connectivity index (χ3v) is 7.44. The number of morpholine rings is 1. The zero-order valence-electron chi connectivity index (χ0n) is 17.7. The molecular weight excluding hydrogens is 414 g/mol. The molecule has 0 N–H and O–H groups in total. The zero-order valence-corrected chi connectivity index (χ0v) is 19.3. The van der Waals surface area contributed by atoms with Crippen molar-refractivity contribution in [2.75, 3.05) is 50.5 Å². The second-order valence-electron chi connectivity index (χ2n) is 7.51. The number of thioether (sulfide) groups is 1. The van der Waals surface area contributed by atoms with Gasteiger partial charge in [0.15, 0.2) is 5.13 Å². The number of anilines is 1. The van der Waals surface area contributed by atoms with Crippen molar-refractivity contribution in [1.82, 2.24) is 9.88 Å². The van der Waals surface area contributed by atoms with Gasteiger partial charge in [0.25, 0.3) is 5.91 Å². The van der Waals surface area contributed by atoms with Crippen LogP contribution in [0.2, 0.25) is 0 Å². The molecule has 0 spiro atoms. The van der Waals surface area contributed by atoms with Crippen LogP contribution < -0.4 is 4.90 Å². The molecule has 0 unspecified atom stereocenters. The van der Waals surface area contributed by atoms with E-state index < -0.39 is 0 Å². The summed E-state index contributed by atoms with van der Waals surface area (Å²) >= 11 is 3.29. The molecule has 1 saturated heterocycles. The van der Waals surface area contributed by atoms with Gasteiger partial charge in [0.05, 0.1) is 23.4 Å². The summed E-state index contributed by atoms with van der Waals surface area (Å²) in [5.74, 6) is 0.00488. The van der Waals surface area contributed by atoms with Gasteiger partial charge >= 0.3 is 0 Å². The molecule has 2 heterocycles. The fourth-order valence-corrected chi connectivity index (χ4v) is 5.15. The highest BCUT2D eigenvalue weighted by molar-refractivity contribution is 7.98. The molecule has 1 amide bonds. The lowest BCUT2D eigenvalue weighted by atomic mass is 10.1. The van der Waals surface area contributed by atoms with Crippen LogP contribution in [0.5, 0.6) is 0 Å². The first-order valence-electron chi connectivity index (χ1n) is 10.2. The lowest BCUT2D eigenvalue weighted by Gasteiger charge is -2.29. The van der Waals surface area contributed by atoms with E-state index in [-0.39, 0.29) is 5.91 Å². The van der Waals surface area contributed by atoms with Crippen LogP contribution in [0.4, 0.5) is 5.13 Å². The molecule has 1 aliphatic rings. The normalized spacial score (nSPS) is 14.9. The average molecular weight is 442 g/mol. The molecule has 0 aliphatic carbocycles. The highest BCUT2D eigenvalue weighted by atomic mass is 32.2. The fourth-order valence-electron chi connectivity index (χ4n) is 3.60. The number of benzene rings is 2. The maximum atomic E-state index is 13.5. The average Bonchev–Trinajstić information content (AvgIpc) is 3.24. The number of hydrogen-bond acceptors (Lipinski definition) is 6. The Morgan fingerprint density at radius 3 is 2.50 bits per heavy atom. The van der Waals surface area contributed by atoms with Crippen LogP contribution in [-0.2, 0) is 4.74 Å². The monoisotopic (exact) mass is 441 g/mol. The molecule has 4 rings (SSSR count). The predicted octanol–water partition coefficient (Wildman–Crippen LogP) is 4.61. The number of amides is 1. The molecule has 1 fully saturated rings. The van der Waals surface area contributed by atoms with E-state index in [1.807, 2.05) is 35.4 Å². The summed E-state index contributed by atoms with van der Waals surface area (Å²) < 4.78 is 6.62. The summed E-state index contributed by atoms with van der Waals surface area (Å²) in [7, 11) is 0. The first kappa shape index (κ1) is 21.3. The SMILES string of the molecule is CSc1ccc(C(=O)N(CCN2CCOCC2)c2nc3c(C)ccc(C)c3s2)cc1. The van der Waals surface area contributed by atoms with Gasteiger partial charge in [-0.25, -0.2) is 4.98 Å². The van der Waals surface area contributed by atoms with E-state index >= 15 is 0 Å². The van der Waals surface area contributed by atoms with Gasteiger partial charge in [-0.2, -0.15) is 0 Å². The highest BCUT2D eigenvalue weighted by Crippen LogP contribution is 2.33. The van der Waals surface area contributed by atoms with Gasteiger partial charge in [-0.3, -0.25) is 14.6 Å². The van der Waals surface area contributed by atoms with Gasteiger partial charge in [-0.05, 0) is 55.5 Å². The number of carbonyl (C=O) groups is 1. The van der Waals surface area contributed by atoms with Crippen molar-refractivity contribution in [3.8, 4) is 0 Å². The van der Waals surface area contributed by atoms with Crippen molar-refractivity contribution in [3.05, 3.63) is 53.1 Å². The summed E-state index contributed by atoms with van der Waals surface area (Å²) in [4.78, 5) is 23.8. The highest BCUT2D eigenvalue weighted by Gasteiger charge is 2.23. The Kier molecular flexibility index (Phi) is 6.73. The van der Waals surface area contributed by atoms with E-state index in [0.29, 0.717) is 12.1 Å². The summed E-state index contributed by atoms with van der Waals surface area (Å²) in [5.41, 5.74) is 4.03. The molecule has 1 aromatic heterocycles. The van der Waals surface area contributed by atoms with Crippen molar-refractivity contribution in [2.45, 2.75) is 18.7 Å². The molecule has 1 aliphatic heterocycles. The molecule has 3 aromatic rings. The standard InChI is InChI=1S/C23H27N3O2S2/c1-16-4-5-17(2)21-20(16)24-23(30-21)26(11-10-25-12-14-28-15-13-25)22(27)18-6-8-19(29-3)9-7-18/h4-9H,10-15H2,1-3H3. The van der Waals surface area contributed by atoms with Gasteiger partial charge in [0.2, 0.25) is 0 Å². The summed E-state index contributed by atoms with van der Waals surface area (Å²) in [5, 5.41) is 0.773. The van der Waals surface area contributed by atoms with Crippen molar-refractivity contribution in [1.29, 1.82) is 0 Å². The smallest absolute Gasteiger partial charge is 0.260 e. The largest absolute Gasteiger partial charge is 0.379 e. The molecule has 158 valence electrons. The van der Waals surface area contributed by atoms with Gasteiger partial charge in [0.1, 0.15) is 0 Å². The van der Waals surface area contributed by atoms with Crippen molar-refractivity contribution in [3.63, 3.8) is 0 Å². The maximum Gasteiger partial charge on any atom is 0.260 e. The number of aromatic nitrogens is 1. The number of rotatable bonds is 6. The van der Waals surface area contributed by atoms with E-state index in [9.17, 15) is 4.79 Å². The molecule has 0 bridgehead atoms. The molecule has 30 heavy (non-hydrogen) atoms. The van der Waals surface area contributed by atoms with Crippen LogP contribution in [0.3, 0.4) is 0 Å². The van der Waals surface area contributed by atoms with Gasteiger partial charge < -0.3 is 4.74 Å². The lowest BCUT2D eigenvalue weighted by molar-refractivity contribution is 0.0391. The lowest BCUT2D eigenvalue weighted by Crippen LogP contribution is -2.43. The Balaban J connectivity index is 1.66. The van der Waals surface area contributed by atoms with Crippen LogP contribution in [0, 0.1) is 13.8 Å². The van der Waals surface area contributed by atoms with Gasteiger partial charge in [-0.1, -0.05) is 23.5 Å². The topological polar surface area (TPSA) is 45.7 Å². The second kappa shape index (κ2) is 9.47. The number of nitrogens with zero attached hydrogens (tertiary/aromatic N) is 3. The zero-order chi connectivity index (χ0) is 21.1. The number of carbonyl (C=O) groups excluding carboxylic acids is 1. The molecule has 5 nitrogen and oxygen atoms in total. The minimum Gasteiger partial charge on any atom is -0.379 e. The molecular formula is C23H27N3O2S2. The Morgan fingerprint density at radius 2 is 1.83 bits per heavy atom. The minimum absolute atomic E-state index is 0.00488. The van der Waals surface area contributed by atoms with Crippen molar-refractivity contribution >= 4 is 44.4 Å². The second-order valence-corrected chi connectivity index (χ2v) is 9.37. The van der Waals surface area contributed by atoms with Crippen LogP contribution in [-0.4, -0.2) is 61.4 Å². The third kappa shape index (κ3) is 4.54. The van der Waals surface area contributed by atoms with E-state index in [1.54, 1.807) is 23.1 Å². The van der Waals surface area contributed by atoms with E-state index in [1.165, 1.54) is 5.56 Å². The quantitative estimate of drug-likeness (QED) is 0.523. The molecule has 2 aromatic carbocycles. The van der Waals surface area contributed by atoms with Crippen molar-refractivity contribution in [2.24, 2.45) is 0 Å².